The van der Waals surface area contributed by atoms with Gasteiger partial charge in [-0.05, 0) is 80.4 Å². The van der Waals surface area contributed by atoms with Crippen LogP contribution in [0.5, 0.6) is 0 Å². The molecule has 1 heteroatoms. The topological polar surface area (TPSA) is 3.24 Å². The molecule has 0 radical (unpaired) electrons. The van der Waals surface area contributed by atoms with Gasteiger partial charge in [0.1, 0.15) is 0 Å². The second kappa shape index (κ2) is 8.57. The van der Waals surface area contributed by atoms with Crippen LogP contribution in [-0.4, -0.2) is 0 Å². The Hall–Kier alpha value is -4.36. The molecule has 0 N–H and O–H groups in total. The average molecular weight is 530 g/mol. The predicted molar refractivity (Wildman–Crippen MR) is 173 cm³/mol. The summed E-state index contributed by atoms with van der Waals surface area (Å²) < 4.78 is 0. The Balaban J connectivity index is 1.38. The number of benzene rings is 5. The fourth-order valence-corrected chi connectivity index (χ4v) is 7.70. The van der Waals surface area contributed by atoms with Crippen molar-refractivity contribution >= 4 is 22.1 Å². The first-order valence-corrected chi connectivity index (χ1v) is 14.9. The van der Waals surface area contributed by atoms with Crippen molar-refractivity contribution in [2.75, 3.05) is 4.90 Å². The average Bonchev–Trinajstić information content (AvgIpc) is 3.01. The van der Waals surface area contributed by atoms with Gasteiger partial charge in [0, 0.05) is 16.7 Å². The van der Waals surface area contributed by atoms with E-state index >= 15 is 0 Å². The molecule has 1 aliphatic carbocycles. The number of rotatable bonds is 2. The molecule has 0 aromatic heterocycles. The summed E-state index contributed by atoms with van der Waals surface area (Å²) in [4.78, 5) is 2.59. The Morgan fingerprint density at radius 1 is 0.585 bits per heavy atom. The smallest absolute Gasteiger partial charge is 0.0503 e. The van der Waals surface area contributed by atoms with Crippen LogP contribution in [0.15, 0.2) is 138 Å². The van der Waals surface area contributed by atoms with Crippen molar-refractivity contribution in [1.29, 1.82) is 0 Å². The van der Waals surface area contributed by atoms with Crippen LogP contribution in [0.1, 0.15) is 56.7 Å². The summed E-state index contributed by atoms with van der Waals surface area (Å²) in [7, 11) is 0. The SMILES string of the molecule is CC1(C)C2=CC(c3ccccc3)CC3=C2N(c2ccc(-c4ccc5ccccc5c4)cc21)c1ccccc1C3(C)C. The summed E-state index contributed by atoms with van der Waals surface area (Å²) >= 11 is 0. The van der Waals surface area contributed by atoms with Gasteiger partial charge in [-0.3, -0.25) is 0 Å². The third kappa shape index (κ3) is 3.48. The molecule has 3 aliphatic rings. The quantitative estimate of drug-likeness (QED) is 0.220. The van der Waals surface area contributed by atoms with Crippen molar-refractivity contribution in [3.05, 3.63) is 155 Å². The van der Waals surface area contributed by atoms with Crippen LogP contribution in [0.25, 0.3) is 21.9 Å². The largest absolute Gasteiger partial charge is 0.310 e. The number of nitrogens with zero attached hydrogens (tertiary/aromatic N) is 1. The van der Waals surface area contributed by atoms with Crippen LogP contribution in [0.4, 0.5) is 11.4 Å². The van der Waals surface area contributed by atoms with E-state index in [0.717, 1.165) is 6.42 Å². The van der Waals surface area contributed by atoms with Gasteiger partial charge in [-0.25, -0.2) is 0 Å². The zero-order chi connectivity index (χ0) is 27.9. The van der Waals surface area contributed by atoms with Gasteiger partial charge in [-0.1, -0.05) is 125 Å². The summed E-state index contributed by atoms with van der Waals surface area (Å²) in [5.74, 6) is 0.362. The van der Waals surface area contributed by atoms with E-state index in [1.165, 1.54) is 61.2 Å². The van der Waals surface area contributed by atoms with Gasteiger partial charge in [-0.2, -0.15) is 0 Å². The second-order valence-electron chi connectivity index (χ2n) is 13.0. The molecule has 0 saturated heterocycles. The molecule has 1 unspecified atom stereocenters. The molecule has 0 saturated carbocycles. The van der Waals surface area contributed by atoms with Crippen molar-refractivity contribution in [1.82, 2.24) is 0 Å². The monoisotopic (exact) mass is 529 g/mol. The number of hydrogen-bond acceptors (Lipinski definition) is 1. The number of para-hydroxylation sites is 1. The molecular weight excluding hydrogens is 494 g/mol. The van der Waals surface area contributed by atoms with Crippen molar-refractivity contribution in [2.45, 2.75) is 50.9 Å². The number of anilines is 2. The lowest BCUT2D eigenvalue weighted by Crippen LogP contribution is -2.44. The maximum Gasteiger partial charge on any atom is 0.0503 e. The zero-order valence-corrected chi connectivity index (χ0v) is 24.3. The van der Waals surface area contributed by atoms with Crippen molar-refractivity contribution in [3.63, 3.8) is 0 Å². The van der Waals surface area contributed by atoms with Crippen LogP contribution in [0.3, 0.4) is 0 Å². The van der Waals surface area contributed by atoms with E-state index in [4.69, 9.17) is 0 Å². The van der Waals surface area contributed by atoms with Gasteiger partial charge in [0.05, 0.1) is 17.1 Å². The van der Waals surface area contributed by atoms with E-state index in [1.807, 2.05) is 0 Å². The minimum Gasteiger partial charge on any atom is -0.310 e. The molecular formula is C40H35N. The summed E-state index contributed by atoms with van der Waals surface area (Å²) in [5, 5.41) is 2.56. The van der Waals surface area contributed by atoms with Crippen LogP contribution in [0, 0.1) is 0 Å². The van der Waals surface area contributed by atoms with Crippen molar-refractivity contribution < 1.29 is 0 Å². The molecule has 200 valence electrons. The fraction of sp³-hybridized carbons (Fsp3) is 0.200. The summed E-state index contributed by atoms with van der Waals surface area (Å²) in [6, 6.07) is 42.8. The molecule has 5 aromatic rings. The van der Waals surface area contributed by atoms with Crippen LogP contribution in [0.2, 0.25) is 0 Å². The Morgan fingerprint density at radius 2 is 1.24 bits per heavy atom. The lowest BCUT2D eigenvalue weighted by molar-refractivity contribution is 0.518. The van der Waals surface area contributed by atoms with Crippen molar-refractivity contribution in [2.24, 2.45) is 0 Å². The number of fused-ring (bicyclic) bond motifs is 5. The molecule has 1 atom stereocenters. The highest BCUT2D eigenvalue weighted by molar-refractivity contribution is 5.90. The minimum absolute atomic E-state index is 0.0480. The number of hydrogen-bond donors (Lipinski definition) is 0. The maximum absolute atomic E-state index is 2.59. The zero-order valence-electron chi connectivity index (χ0n) is 24.3. The lowest BCUT2D eigenvalue weighted by atomic mass is 9.60. The third-order valence-corrected chi connectivity index (χ3v) is 10.0. The van der Waals surface area contributed by atoms with E-state index < -0.39 is 0 Å². The lowest BCUT2D eigenvalue weighted by Gasteiger charge is -2.53. The Kier molecular flexibility index (Phi) is 5.11. The van der Waals surface area contributed by atoms with E-state index in [9.17, 15) is 0 Å². The minimum atomic E-state index is -0.144. The van der Waals surface area contributed by atoms with Crippen LogP contribution in [-0.2, 0) is 10.8 Å². The molecule has 0 fully saturated rings. The maximum atomic E-state index is 2.59. The first kappa shape index (κ1) is 24.4. The molecule has 2 heterocycles. The highest BCUT2D eigenvalue weighted by Crippen LogP contribution is 2.61. The number of allylic oxidation sites excluding steroid dienone is 3. The van der Waals surface area contributed by atoms with Crippen LogP contribution >= 0.6 is 0 Å². The molecule has 8 rings (SSSR count). The van der Waals surface area contributed by atoms with Gasteiger partial charge < -0.3 is 4.90 Å². The standard InChI is InChI=1S/C40H35N/c1-39(2)32-16-10-11-17-36(32)41-37-21-20-30(29-19-18-27-14-8-9-15-28(27)22-29)23-33(37)40(3,4)35-25-31(24-34(39)38(35)41)26-12-6-5-7-13-26/h5-23,25,31H,24H2,1-4H3. The second-order valence-corrected chi connectivity index (χ2v) is 13.0. The summed E-state index contributed by atoms with van der Waals surface area (Å²) in [6.07, 6.45) is 3.64. The first-order valence-electron chi connectivity index (χ1n) is 14.9. The predicted octanol–water partition coefficient (Wildman–Crippen LogP) is 10.6. The Bertz CT molecular complexity index is 1920. The third-order valence-electron chi connectivity index (χ3n) is 10.0. The van der Waals surface area contributed by atoms with Gasteiger partial charge in [-0.15, -0.1) is 0 Å². The van der Waals surface area contributed by atoms with Gasteiger partial charge >= 0.3 is 0 Å². The fourth-order valence-electron chi connectivity index (χ4n) is 7.70. The summed E-state index contributed by atoms with van der Waals surface area (Å²) in [5.41, 5.74) is 13.6. The molecule has 0 amide bonds. The van der Waals surface area contributed by atoms with E-state index in [0.29, 0.717) is 5.92 Å². The molecule has 1 nitrogen and oxygen atoms in total. The normalized spacial score (nSPS) is 19.8. The van der Waals surface area contributed by atoms with E-state index in [-0.39, 0.29) is 10.8 Å². The molecule has 0 bridgehead atoms. The highest BCUT2D eigenvalue weighted by Gasteiger charge is 2.49. The first-order chi connectivity index (χ1) is 19.8. The summed E-state index contributed by atoms with van der Waals surface area (Å²) in [6.45, 7) is 9.74. The van der Waals surface area contributed by atoms with E-state index in [2.05, 4.69) is 154 Å². The highest BCUT2D eigenvalue weighted by atomic mass is 15.2. The van der Waals surface area contributed by atoms with Gasteiger partial charge in [0.25, 0.3) is 0 Å². The van der Waals surface area contributed by atoms with Crippen molar-refractivity contribution in [3.8, 4) is 11.1 Å². The Labute approximate surface area is 243 Å². The van der Waals surface area contributed by atoms with Gasteiger partial charge in [0.2, 0.25) is 0 Å². The Morgan fingerprint density at radius 3 is 2.07 bits per heavy atom. The molecule has 2 aliphatic heterocycles. The van der Waals surface area contributed by atoms with Gasteiger partial charge in [0.15, 0.2) is 0 Å². The molecule has 5 aromatic carbocycles. The molecule has 0 spiro atoms. The van der Waals surface area contributed by atoms with E-state index in [1.54, 1.807) is 5.57 Å². The van der Waals surface area contributed by atoms with Crippen LogP contribution < -0.4 is 4.90 Å². The molecule has 41 heavy (non-hydrogen) atoms.